The van der Waals surface area contributed by atoms with E-state index in [0.717, 1.165) is 21.8 Å². The number of carbonyl (C=O) groups is 1. The number of aryl methyl sites for hydroxylation is 1. The van der Waals surface area contributed by atoms with Gasteiger partial charge in [-0.05, 0) is 62.2 Å². The molecule has 1 aliphatic heterocycles. The highest BCUT2D eigenvalue weighted by molar-refractivity contribution is 7.99. The molecule has 1 saturated heterocycles. The van der Waals surface area contributed by atoms with Crippen LogP contribution in [-0.4, -0.2) is 33.7 Å². The van der Waals surface area contributed by atoms with E-state index in [1.54, 1.807) is 30.8 Å². The maximum Gasteiger partial charge on any atom is 0.417 e. The van der Waals surface area contributed by atoms with Crippen molar-refractivity contribution in [1.29, 1.82) is 0 Å². The van der Waals surface area contributed by atoms with Gasteiger partial charge in [-0.1, -0.05) is 30.8 Å². The number of rotatable bonds is 7. The Hall–Kier alpha value is -3.20. The van der Waals surface area contributed by atoms with E-state index in [4.69, 9.17) is 4.74 Å². The lowest BCUT2D eigenvalue weighted by Crippen LogP contribution is -2.34. The first-order valence-corrected chi connectivity index (χ1v) is 11.2. The summed E-state index contributed by atoms with van der Waals surface area (Å²) in [5, 5.41) is 3.30. The molecule has 2 heterocycles. The molecule has 4 rings (SSSR count). The van der Waals surface area contributed by atoms with E-state index in [2.05, 4.69) is 20.3 Å². The second-order valence-corrected chi connectivity index (χ2v) is 8.65. The van der Waals surface area contributed by atoms with E-state index in [0.29, 0.717) is 24.3 Å². The van der Waals surface area contributed by atoms with Gasteiger partial charge in [-0.15, -0.1) is 0 Å². The summed E-state index contributed by atoms with van der Waals surface area (Å²) in [5.41, 5.74) is 1.06. The molecule has 1 aliphatic rings. The van der Waals surface area contributed by atoms with Crippen molar-refractivity contribution in [3.05, 3.63) is 65.7 Å². The molecule has 1 fully saturated rings. The molecule has 9 heteroatoms. The first kappa shape index (κ1) is 22.0. The molecule has 32 heavy (non-hydrogen) atoms. The van der Waals surface area contributed by atoms with Gasteiger partial charge in [0.15, 0.2) is 0 Å². The highest BCUT2D eigenvalue weighted by atomic mass is 32.2. The van der Waals surface area contributed by atoms with Crippen LogP contribution >= 0.6 is 11.8 Å². The van der Waals surface area contributed by atoms with E-state index < -0.39 is 6.09 Å². The molecule has 7 nitrogen and oxygen atoms in total. The number of benzene rings is 2. The van der Waals surface area contributed by atoms with E-state index >= 15 is 0 Å². The number of hydrogen-bond acceptors (Lipinski definition) is 7. The third-order valence-corrected chi connectivity index (χ3v) is 6.17. The zero-order chi connectivity index (χ0) is 22.7. The monoisotopic (exact) mass is 453 g/mol. The fourth-order valence-corrected chi connectivity index (χ4v) is 4.20. The first-order chi connectivity index (χ1) is 15.4. The molecular weight excluding hydrogens is 429 g/mol. The smallest absolute Gasteiger partial charge is 0.417 e. The van der Waals surface area contributed by atoms with Gasteiger partial charge in [0.25, 0.3) is 0 Å². The van der Waals surface area contributed by atoms with E-state index in [1.165, 1.54) is 17.0 Å². The van der Waals surface area contributed by atoms with Crippen molar-refractivity contribution in [2.75, 3.05) is 16.8 Å². The van der Waals surface area contributed by atoms with E-state index in [9.17, 15) is 9.18 Å². The summed E-state index contributed by atoms with van der Waals surface area (Å²) in [6.45, 7) is 6.11. The number of ether oxygens (including phenoxy) is 1. The van der Waals surface area contributed by atoms with Gasteiger partial charge in [-0.2, -0.15) is 15.0 Å². The Bertz CT molecular complexity index is 1090. The second kappa shape index (κ2) is 9.52. The lowest BCUT2D eigenvalue weighted by atomic mass is 10.1. The van der Waals surface area contributed by atoms with Gasteiger partial charge in [0.2, 0.25) is 11.9 Å². The normalized spacial score (nSPS) is 16.7. The fourth-order valence-electron chi connectivity index (χ4n) is 3.39. The van der Waals surface area contributed by atoms with Gasteiger partial charge in [0.1, 0.15) is 18.2 Å². The molecule has 2 atom stereocenters. The molecule has 0 bridgehead atoms. The van der Waals surface area contributed by atoms with Crippen molar-refractivity contribution in [2.24, 2.45) is 0 Å². The highest BCUT2D eigenvalue weighted by Gasteiger charge is 2.35. The van der Waals surface area contributed by atoms with Crippen LogP contribution in [0.25, 0.3) is 0 Å². The first-order valence-electron chi connectivity index (χ1n) is 10.4. The van der Waals surface area contributed by atoms with Crippen LogP contribution in [0, 0.1) is 12.7 Å². The van der Waals surface area contributed by atoms with Crippen LogP contribution < -0.4 is 10.2 Å². The molecule has 0 aliphatic carbocycles. The van der Waals surface area contributed by atoms with Crippen LogP contribution in [0.1, 0.15) is 37.7 Å². The van der Waals surface area contributed by atoms with Crippen LogP contribution in [0.4, 0.5) is 21.1 Å². The summed E-state index contributed by atoms with van der Waals surface area (Å²) in [5.74, 6) is 0.977. The van der Waals surface area contributed by atoms with Crippen LogP contribution in [0.5, 0.6) is 0 Å². The average Bonchev–Trinajstić information content (AvgIpc) is 3.16. The Morgan fingerprint density at radius 3 is 2.44 bits per heavy atom. The molecule has 1 aromatic heterocycles. The van der Waals surface area contributed by atoms with Gasteiger partial charge in [-0.3, -0.25) is 0 Å². The zero-order valence-corrected chi connectivity index (χ0v) is 18.9. The van der Waals surface area contributed by atoms with Crippen molar-refractivity contribution in [3.8, 4) is 0 Å². The minimum atomic E-state index is -0.435. The van der Waals surface area contributed by atoms with Crippen LogP contribution in [-0.2, 0) is 4.74 Å². The predicted octanol–water partition coefficient (Wildman–Crippen LogP) is 5.38. The SMILES string of the molecule is CCC1COC(=O)N1c1nc(C)nc(N[C@@H](C)c2ccc(Sc3ccc(F)cc3)cc2)n1. The molecule has 0 saturated carbocycles. The summed E-state index contributed by atoms with van der Waals surface area (Å²) in [6.07, 6.45) is 0.313. The molecule has 0 radical (unpaired) electrons. The summed E-state index contributed by atoms with van der Waals surface area (Å²) in [7, 11) is 0. The van der Waals surface area contributed by atoms with Crippen LogP contribution in [0.3, 0.4) is 0 Å². The number of anilines is 2. The second-order valence-electron chi connectivity index (χ2n) is 7.51. The van der Waals surface area contributed by atoms with E-state index in [-0.39, 0.29) is 17.9 Å². The number of halogens is 1. The third kappa shape index (κ3) is 4.99. The van der Waals surface area contributed by atoms with Crippen molar-refractivity contribution in [2.45, 2.75) is 49.1 Å². The summed E-state index contributed by atoms with van der Waals surface area (Å²) in [4.78, 5) is 28.9. The molecule has 2 aromatic carbocycles. The molecule has 1 amide bonds. The Labute approximate surface area is 190 Å². The quantitative estimate of drug-likeness (QED) is 0.514. The topological polar surface area (TPSA) is 80.2 Å². The Kier molecular flexibility index (Phi) is 6.55. The summed E-state index contributed by atoms with van der Waals surface area (Å²) < 4.78 is 18.2. The molecule has 1 N–H and O–H groups in total. The Morgan fingerprint density at radius 1 is 1.12 bits per heavy atom. The molecular formula is C23H24FN5O2S. The Morgan fingerprint density at radius 2 is 1.78 bits per heavy atom. The highest BCUT2D eigenvalue weighted by Crippen LogP contribution is 2.29. The van der Waals surface area contributed by atoms with E-state index in [1.807, 2.05) is 38.1 Å². The van der Waals surface area contributed by atoms with Gasteiger partial charge in [-0.25, -0.2) is 14.1 Å². The number of nitrogens with zero attached hydrogens (tertiary/aromatic N) is 4. The summed E-state index contributed by atoms with van der Waals surface area (Å²) >= 11 is 1.57. The maximum absolute atomic E-state index is 13.1. The van der Waals surface area contributed by atoms with Crippen LogP contribution in [0.15, 0.2) is 58.3 Å². The third-order valence-electron chi connectivity index (χ3n) is 5.16. The number of carbonyl (C=O) groups excluding carboxylic acids is 1. The fraction of sp³-hybridized carbons (Fsp3) is 0.304. The maximum atomic E-state index is 13.1. The van der Waals surface area contributed by atoms with Crippen molar-refractivity contribution < 1.29 is 13.9 Å². The number of aromatic nitrogens is 3. The van der Waals surface area contributed by atoms with Crippen LogP contribution in [0.2, 0.25) is 0 Å². The molecule has 166 valence electrons. The number of hydrogen-bond donors (Lipinski definition) is 1. The van der Waals surface area contributed by atoms with Gasteiger partial charge in [0.05, 0.1) is 12.1 Å². The van der Waals surface area contributed by atoms with Gasteiger partial charge in [0, 0.05) is 9.79 Å². The van der Waals surface area contributed by atoms with Crippen molar-refractivity contribution >= 4 is 29.8 Å². The number of cyclic esters (lactones) is 1. The minimum Gasteiger partial charge on any atom is -0.447 e. The lowest BCUT2D eigenvalue weighted by molar-refractivity contribution is 0.178. The van der Waals surface area contributed by atoms with Crippen molar-refractivity contribution in [1.82, 2.24) is 15.0 Å². The standard InChI is InChI=1S/C23H24FN5O2S/c1-4-18-13-31-23(30)29(18)22-27-15(3)26-21(28-22)25-14(2)16-5-9-19(10-6-16)32-20-11-7-17(24)8-12-20/h5-12,14,18H,4,13H2,1-3H3,(H,25,26,27,28)/t14-,18?/m0/s1. The molecule has 0 spiro atoms. The number of amides is 1. The molecule has 3 aromatic rings. The average molecular weight is 454 g/mol. The minimum absolute atomic E-state index is 0.0676. The van der Waals surface area contributed by atoms with Gasteiger partial charge < -0.3 is 10.1 Å². The molecule has 1 unspecified atom stereocenters. The predicted molar refractivity (Wildman–Crippen MR) is 121 cm³/mol. The number of nitrogens with one attached hydrogen (secondary N) is 1. The largest absolute Gasteiger partial charge is 0.447 e. The zero-order valence-electron chi connectivity index (χ0n) is 18.1. The lowest BCUT2D eigenvalue weighted by Gasteiger charge is -2.20. The Balaban J connectivity index is 1.46. The van der Waals surface area contributed by atoms with Crippen molar-refractivity contribution in [3.63, 3.8) is 0 Å². The van der Waals surface area contributed by atoms with Gasteiger partial charge >= 0.3 is 6.09 Å². The summed E-state index contributed by atoms with van der Waals surface area (Å²) in [6, 6.07) is 14.4.